The Morgan fingerprint density at radius 2 is 1.64 bits per heavy atom. The van der Waals surface area contributed by atoms with Gasteiger partial charge in [-0.1, -0.05) is 64.5 Å². The summed E-state index contributed by atoms with van der Waals surface area (Å²) in [4.78, 5) is 18.5. The number of nitrogens with zero attached hydrogens (tertiary/aromatic N) is 2. The number of carbonyl (C=O) groups is 1. The summed E-state index contributed by atoms with van der Waals surface area (Å²) in [6, 6.07) is 8.51. The number of rotatable bonds is 16. The van der Waals surface area contributed by atoms with Crippen LogP contribution in [0.15, 0.2) is 24.3 Å². The molecule has 1 saturated carbocycles. The molecule has 1 spiro atoms. The fourth-order valence-electron chi connectivity index (χ4n) is 7.65. The largest absolute Gasteiger partial charge is 0.497 e. The van der Waals surface area contributed by atoms with Gasteiger partial charge in [-0.05, 0) is 88.1 Å². The lowest BCUT2D eigenvalue weighted by atomic mass is 9.63. The number of benzene rings is 1. The van der Waals surface area contributed by atoms with Crippen LogP contribution in [0.4, 0.5) is 0 Å². The third-order valence-corrected chi connectivity index (χ3v) is 10.8. The zero-order chi connectivity index (χ0) is 29.6. The number of piperidine rings is 1. The third kappa shape index (κ3) is 9.95. The first-order chi connectivity index (χ1) is 20.5. The van der Waals surface area contributed by atoms with Gasteiger partial charge in [-0.2, -0.15) is 0 Å². The van der Waals surface area contributed by atoms with Crippen LogP contribution in [0.3, 0.4) is 0 Å². The highest BCUT2D eigenvalue weighted by Gasteiger charge is 2.45. The van der Waals surface area contributed by atoms with Crippen LogP contribution in [0.25, 0.3) is 0 Å². The average Bonchev–Trinajstić information content (AvgIpc) is 3.02. The normalized spacial score (nSPS) is 26.3. The first-order valence-corrected chi connectivity index (χ1v) is 17.5. The number of hydrogen-bond donors (Lipinski definition) is 1. The Kier molecular flexibility index (Phi) is 13.9. The molecule has 2 unspecified atom stereocenters. The van der Waals surface area contributed by atoms with E-state index in [1.165, 1.54) is 89.4 Å². The van der Waals surface area contributed by atoms with E-state index < -0.39 is 0 Å². The van der Waals surface area contributed by atoms with Crippen molar-refractivity contribution >= 4 is 5.97 Å². The number of piperazine rings is 1. The first-order valence-electron chi connectivity index (χ1n) is 17.5. The number of methoxy groups -OCH3 is 1. The Bertz CT molecular complexity index is 891. The summed E-state index contributed by atoms with van der Waals surface area (Å²) in [6.07, 6.45) is 17.1. The molecule has 1 aromatic rings. The van der Waals surface area contributed by atoms with Crippen molar-refractivity contribution in [1.82, 2.24) is 15.1 Å². The number of hydrogen-bond acceptors (Lipinski definition) is 6. The Morgan fingerprint density at radius 3 is 2.33 bits per heavy atom. The molecule has 6 heteroatoms. The van der Waals surface area contributed by atoms with Gasteiger partial charge in [0.25, 0.3) is 0 Å². The summed E-state index contributed by atoms with van der Waals surface area (Å²) in [5, 5.41) is 3.55. The molecule has 6 nitrogen and oxygen atoms in total. The van der Waals surface area contributed by atoms with Crippen LogP contribution in [0.2, 0.25) is 0 Å². The van der Waals surface area contributed by atoms with Gasteiger partial charge < -0.3 is 19.7 Å². The molecular formula is C36H61N3O3. The van der Waals surface area contributed by atoms with Crippen molar-refractivity contribution in [2.45, 2.75) is 116 Å². The number of nitrogens with one attached hydrogen (secondary N) is 1. The molecule has 3 aliphatic rings. The van der Waals surface area contributed by atoms with Crippen molar-refractivity contribution in [3.63, 3.8) is 0 Å². The van der Waals surface area contributed by atoms with Crippen molar-refractivity contribution in [3.8, 4) is 5.75 Å². The van der Waals surface area contributed by atoms with Crippen molar-refractivity contribution in [3.05, 3.63) is 29.8 Å². The molecule has 0 amide bonds. The van der Waals surface area contributed by atoms with E-state index in [-0.39, 0.29) is 23.4 Å². The quantitative estimate of drug-likeness (QED) is 0.166. The third-order valence-electron chi connectivity index (χ3n) is 10.8. The second-order valence-electron chi connectivity index (χ2n) is 13.6. The highest BCUT2D eigenvalue weighted by molar-refractivity contribution is 5.72. The minimum atomic E-state index is 0.0529. The van der Waals surface area contributed by atoms with Crippen LogP contribution in [-0.4, -0.2) is 74.8 Å². The van der Waals surface area contributed by atoms with E-state index >= 15 is 0 Å². The van der Waals surface area contributed by atoms with Crippen LogP contribution in [-0.2, 0) is 16.1 Å². The molecule has 1 N–H and O–H groups in total. The molecule has 0 aromatic heterocycles. The summed E-state index contributed by atoms with van der Waals surface area (Å²) < 4.78 is 11.7. The van der Waals surface area contributed by atoms with Gasteiger partial charge in [0, 0.05) is 44.7 Å². The minimum absolute atomic E-state index is 0.0529. The lowest BCUT2D eigenvalue weighted by Gasteiger charge is -2.48. The molecule has 3 fully saturated rings. The zero-order valence-corrected chi connectivity index (χ0v) is 27.2. The Labute approximate surface area is 257 Å². The molecule has 1 aliphatic carbocycles. The van der Waals surface area contributed by atoms with Gasteiger partial charge in [-0.15, -0.1) is 0 Å². The van der Waals surface area contributed by atoms with Gasteiger partial charge in [0.05, 0.1) is 13.0 Å². The van der Waals surface area contributed by atoms with E-state index in [9.17, 15) is 4.79 Å². The van der Waals surface area contributed by atoms with Crippen molar-refractivity contribution in [2.75, 3.05) is 52.9 Å². The fraction of sp³-hybridized carbons (Fsp3) is 0.806. The topological polar surface area (TPSA) is 54.0 Å². The number of carbonyl (C=O) groups excluding carboxylic acids is 1. The first kappa shape index (κ1) is 33.3. The summed E-state index contributed by atoms with van der Waals surface area (Å²) in [5.41, 5.74) is 1.56. The van der Waals surface area contributed by atoms with E-state index in [0.717, 1.165) is 70.1 Å². The van der Waals surface area contributed by atoms with Crippen LogP contribution < -0.4 is 10.1 Å². The predicted octanol–water partition coefficient (Wildman–Crippen LogP) is 7.06. The molecule has 2 heterocycles. The summed E-state index contributed by atoms with van der Waals surface area (Å²) in [5.74, 6) is 1.89. The molecule has 42 heavy (non-hydrogen) atoms. The number of unbranched alkanes of at least 4 members (excludes halogenated alkanes) is 5. The van der Waals surface area contributed by atoms with Crippen LogP contribution in [0.1, 0.15) is 109 Å². The average molecular weight is 584 g/mol. The van der Waals surface area contributed by atoms with Gasteiger partial charge in [0.2, 0.25) is 0 Å². The lowest BCUT2D eigenvalue weighted by molar-refractivity contribution is -0.166. The van der Waals surface area contributed by atoms with Crippen molar-refractivity contribution in [2.24, 2.45) is 17.3 Å². The highest BCUT2D eigenvalue weighted by atomic mass is 16.5. The maximum absolute atomic E-state index is 13.3. The predicted molar refractivity (Wildman–Crippen MR) is 173 cm³/mol. The van der Waals surface area contributed by atoms with E-state index in [4.69, 9.17) is 9.47 Å². The molecule has 2 atom stereocenters. The molecular weight excluding hydrogens is 522 g/mol. The lowest BCUT2D eigenvalue weighted by Crippen LogP contribution is -2.53. The molecule has 2 aliphatic heterocycles. The van der Waals surface area contributed by atoms with Crippen LogP contribution in [0, 0.1) is 17.3 Å². The van der Waals surface area contributed by atoms with E-state index in [1.54, 1.807) is 7.11 Å². The van der Waals surface area contributed by atoms with Crippen molar-refractivity contribution in [1.29, 1.82) is 0 Å². The molecule has 0 radical (unpaired) electrons. The number of esters is 1. The molecule has 4 rings (SSSR count). The van der Waals surface area contributed by atoms with Gasteiger partial charge in [0.15, 0.2) is 0 Å². The van der Waals surface area contributed by atoms with Crippen LogP contribution >= 0.6 is 0 Å². The number of ether oxygens (including phenoxy) is 2. The van der Waals surface area contributed by atoms with Gasteiger partial charge >= 0.3 is 5.97 Å². The SMILES string of the molecule is CCCCCCCCC(CC)C(=O)OC1CNCCC12CCC(CCN1CCN(Cc3ccc(OC)cc3)CC1)CC2. The molecule has 2 saturated heterocycles. The summed E-state index contributed by atoms with van der Waals surface area (Å²) >= 11 is 0. The zero-order valence-electron chi connectivity index (χ0n) is 27.2. The second-order valence-corrected chi connectivity index (χ2v) is 13.6. The van der Waals surface area contributed by atoms with Crippen LogP contribution in [0.5, 0.6) is 5.75 Å². The Balaban J connectivity index is 1.15. The van der Waals surface area contributed by atoms with Crippen molar-refractivity contribution < 1.29 is 14.3 Å². The second kappa shape index (κ2) is 17.6. The smallest absolute Gasteiger partial charge is 0.309 e. The highest BCUT2D eigenvalue weighted by Crippen LogP contribution is 2.47. The monoisotopic (exact) mass is 583 g/mol. The molecule has 238 valence electrons. The maximum Gasteiger partial charge on any atom is 0.309 e. The van der Waals surface area contributed by atoms with E-state index in [1.807, 2.05) is 0 Å². The molecule has 1 aromatic carbocycles. The van der Waals surface area contributed by atoms with Gasteiger partial charge in [-0.25, -0.2) is 0 Å². The molecule has 0 bridgehead atoms. The minimum Gasteiger partial charge on any atom is -0.497 e. The van der Waals surface area contributed by atoms with E-state index in [0.29, 0.717) is 0 Å². The maximum atomic E-state index is 13.3. The van der Waals surface area contributed by atoms with E-state index in [2.05, 4.69) is 53.2 Å². The Morgan fingerprint density at radius 1 is 0.952 bits per heavy atom. The summed E-state index contributed by atoms with van der Waals surface area (Å²) in [6.45, 7) is 13.2. The Hall–Kier alpha value is -1.63. The fourth-order valence-corrected chi connectivity index (χ4v) is 7.65. The standard InChI is InChI=1S/C36H61N3O3/c1-4-6-7-8-9-10-11-32(5-2)35(40)42-34-28-37-22-21-36(34)19-16-30(17-20-36)18-23-38-24-26-39(27-25-38)29-31-12-14-33(41-3)15-13-31/h12-15,30,32,34,37H,4-11,16-29H2,1-3H3. The van der Waals surface area contributed by atoms with Gasteiger partial charge in [0.1, 0.15) is 11.9 Å². The summed E-state index contributed by atoms with van der Waals surface area (Å²) in [7, 11) is 1.72. The van der Waals surface area contributed by atoms with Gasteiger partial charge in [-0.3, -0.25) is 9.69 Å².